The number of likely N-dealkylation sites (tertiary alicyclic amines) is 1. The van der Waals surface area contributed by atoms with E-state index in [1.165, 1.54) is 6.08 Å². The number of hydrogen-bond acceptors (Lipinski definition) is 4. The molecule has 2 saturated heterocycles. The Morgan fingerprint density at radius 1 is 1.36 bits per heavy atom. The van der Waals surface area contributed by atoms with E-state index in [9.17, 15) is 9.59 Å². The van der Waals surface area contributed by atoms with Gasteiger partial charge in [0.25, 0.3) is 5.91 Å². The first kappa shape index (κ1) is 17.7. The summed E-state index contributed by atoms with van der Waals surface area (Å²) in [6, 6.07) is 0.252. The largest absolute Gasteiger partial charge is 0.381 e. The van der Waals surface area contributed by atoms with E-state index < -0.39 is 0 Å². The van der Waals surface area contributed by atoms with Gasteiger partial charge in [-0.05, 0) is 38.7 Å². The standard InChI is InChI=1S/C18H26N4O3/c1-3-16(23)21-8-4-5-14(12-21)19-18(24)17-13(2)11-22(20-17)15-6-9-25-10-7-15/h3,11,14-15H,1,4-10,12H2,2H3,(H,19,24)/t14-/m1/s1. The minimum Gasteiger partial charge on any atom is -0.381 e. The van der Waals surface area contributed by atoms with Gasteiger partial charge in [0.1, 0.15) is 0 Å². The fraction of sp³-hybridized carbons (Fsp3) is 0.611. The first-order chi connectivity index (χ1) is 12.1. The molecule has 0 aliphatic carbocycles. The van der Waals surface area contributed by atoms with Crippen molar-refractivity contribution in [3.63, 3.8) is 0 Å². The van der Waals surface area contributed by atoms with E-state index in [0.717, 1.165) is 44.5 Å². The quantitative estimate of drug-likeness (QED) is 0.837. The first-order valence-corrected chi connectivity index (χ1v) is 8.94. The van der Waals surface area contributed by atoms with E-state index in [0.29, 0.717) is 24.8 Å². The highest BCUT2D eigenvalue weighted by Gasteiger charge is 2.26. The van der Waals surface area contributed by atoms with Gasteiger partial charge in [-0.1, -0.05) is 6.58 Å². The molecule has 1 aromatic heterocycles. The summed E-state index contributed by atoms with van der Waals surface area (Å²) in [5.74, 6) is -0.250. The molecule has 7 heteroatoms. The van der Waals surface area contributed by atoms with Crippen LogP contribution in [0, 0.1) is 6.92 Å². The number of aryl methyl sites for hydroxylation is 1. The predicted octanol–water partition coefficient (Wildman–Crippen LogP) is 1.45. The molecule has 0 saturated carbocycles. The molecule has 2 aliphatic heterocycles. The van der Waals surface area contributed by atoms with Gasteiger partial charge in [0, 0.05) is 44.1 Å². The second-order valence-electron chi connectivity index (χ2n) is 6.79. The van der Waals surface area contributed by atoms with Crippen molar-refractivity contribution < 1.29 is 14.3 Å². The van der Waals surface area contributed by atoms with E-state index in [2.05, 4.69) is 17.0 Å². The predicted molar refractivity (Wildman–Crippen MR) is 93.3 cm³/mol. The molecule has 2 fully saturated rings. The molecule has 25 heavy (non-hydrogen) atoms. The smallest absolute Gasteiger partial charge is 0.272 e. The molecular formula is C18H26N4O3. The number of aromatic nitrogens is 2. The molecule has 2 aliphatic rings. The van der Waals surface area contributed by atoms with Crippen LogP contribution in [0.2, 0.25) is 0 Å². The third kappa shape index (κ3) is 4.10. The molecule has 0 aromatic carbocycles. The van der Waals surface area contributed by atoms with Crippen LogP contribution in [0.3, 0.4) is 0 Å². The average Bonchev–Trinajstić information content (AvgIpc) is 3.04. The van der Waals surface area contributed by atoms with Crippen molar-refractivity contribution in [2.45, 2.75) is 44.7 Å². The Hall–Kier alpha value is -2.15. The zero-order valence-corrected chi connectivity index (χ0v) is 14.7. The van der Waals surface area contributed by atoms with Crippen molar-refractivity contribution in [1.29, 1.82) is 0 Å². The monoisotopic (exact) mass is 346 g/mol. The topological polar surface area (TPSA) is 76.5 Å². The third-order valence-corrected chi connectivity index (χ3v) is 4.94. The van der Waals surface area contributed by atoms with Crippen LogP contribution in [-0.2, 0) is 9.53 Å². The number of carbonyl (C=O) groups excluding carboxylic acids is 2. The van der Waals surface area contributed by atoms with E-state index in [1.807, 2.05) is 17.8 Å². The zero-order valence-electron chi connectivity index (χ0n) is 14.7. The molecule has 0 unspecified atom stereocenters. The number of ether oxygens (including phenoxy) is 1. The molecule has 3 heterocycles. The van der Waals surface area contributed by atoms with Gasteiger partial charge in [-0.2, -0.15) is 5.10 Å². The summed E-state index contributed by atoms with van der Waals surface area (Å²) in [7, 11) is 0. The molecule has 1 N–H and O–H groups in total. The van der Waals surface area contributed by atoms with Crippen LogP contribution in [0.25, 0.3) is 0 Å². The third-order valence-electron chi connectivity index (χ3n) is 4.94. The van der Waals surface area contributed by atoms with Crippen LogP contribution in [-0.4, -0.2) is 58.8 Å². The number of piperidine rings is 1. The van der Waals surface area contributed by atoms with E-state index in [-0.39, 0.29) is 17.9 Å². The highest BCUT2D eigenvalue weighted by Crippen LogP contribution is 2.21. The Kier molecular flexibility index (Phi) is 5.53. The Balaban J connectivity index is 1.63. The molecule has 1 atom stereocenters. The summed E-state index contributed by atoms with van der Waals surface area (Å²) in [5.41, 5.74) is 1.34. The maximum Gasteiger partial charge on any atom is 0.272 e. The number of amides is 2. The number of hydrogen-bond donors (Lipinski definition) is 1. The van der Waals surface area contributed by atoms with Gasteiger partial charge in [-0.15, -0.1) is 0 Å². The van der Waals surface area contributed by atoms with Gasteiger partial charge in [0.2, 0.25) is 5.91 Å². The summed E-state index contributed by atoms with van der Waals surface area (Å²) in [6.45, 7) is 8.15. The van der Waals surface area contributed by atoms with Crippen molar-refractivity contribution in [3.05, 3.63) is 30.1 Å². The van der Waals surface area contributed by atoms with Gasteiger partial charge < -0.3 is 15.0 Å². The van der Waals surface area contributed by atoms with Gasteiger partial charge in [0.05, 0.1) is 6.04 Å². The molecule has 2 amide bonds. The number of rotatable bonds is 4. The summed E-state index contributed by atoms with van der Waals surface area (Å²) < 4.78 is 7.29. The van der Waals surface area contributed by atoms with Crippen LogP contribution in [0.15, 0.2) is 18.9 Å². The Labute approximate surface area is 148 Å². The van der Waals surface area contributed by atoms with Crippen molar-refractivity contribution in [1.82, 2.24) is 20.0 Å². The van der Waals surface area contributed by atoms with Crippen molar-refractivity contribution in [3.8, 4) is 0 Å². The van der Waals surface area contributed by atoms with Gasteiger partial charge in [-0.25, -0.2) is 0 Å². The van der Waals surface area contributed by atoms with Crippen LogP contribution < -0.4 is 5.32 Å². The molecule has 3 rings (SSSR count). The lowest BCUT2D eigenvalue weighted by Crippen LogP contribution is -2.49. The van der Waals surface area contributed by atoms with Gasteiger partial charge >= 0.3 is 0 Å². The average molecular weight is 346 g/mol. The van der Waals surface area contributed by atoms with Gasteiger partial charge in [-0.3, -0.25) is 14.3 Å². The maximum absolute atomic E-state index is 12.6. The number of nitrogens with zero attached hydrogens (tertiary/aromatic N) is 3. The second-order valence-corrected chi connectivity index (χ2v) is 6.79. The molecule has 0 bridgehead atoms. The number of carbonyl (C=O) groups is 2. The molecule has 136 valence electrons. The minimum absolute atomic E-state index is 0.0437. The lowest BCUT2D eigenvalue weighted by Gasteiger charge is -2.32. The summed E-state index contributed by atoms with van der Waals surface area (Å²) in [5, 5.41) is 7.56. The van der Waals surface area contributed by atoms with Crippen LogP contribution >= 0.6 is 0 Å². The van der Waals surface area contributed by atoms with Crippen molar-refractivity contribution in [2.75, 3.05) is 26.3 Å². The summed E-state index contributed by atoms with van der Waals surface area (Å²) >= 11 is 0. The fourth-order valence-electron chi connectivity index (χ4n) is 3.52. The van der Waals surface area contributed by atoms with Crippen LogP contribution in [0.4, 0.5) is 0 Å². The van der Waals surface area contributed by atoms with Crippen LogP contribution in [0.5, 0.6) is 0 Å². The fourth-order valence-corrected chi connectivity index (χ4v) is 3.52. The van der Waals surface area contributed by atoms with E-state index in [4.69, 9.17) is 4.74 Å². The Bertz CT molecular complexity index is 649. The minimum atomic E-state index is -0.166. The lowest BCUT2D eigenvalue weighted by molar-refractivity contribution is -0.127. The molecule has 0 radical (unpaired) electrons. The highest BCUT2D eigenvalue weighted by molar-refractivity contribution is 5.94. The highest BCUT2D eigenvalue weighted by atomic mass is 16.5. The van der Waals surface area contributed by atoms with Crippen LogP contribution in [0.1, 0.15) is 47.8 Å². The molecule has 7 nitrogen and oxygen atoms in total. The van der Waals surface area contributed by atoms with E-state index >= 15 is 0 Å². The Morgan fingerprint density at radius 2 is 2.12 bits per heavy atom. The molecule has 1 aromatic rings. The Morgan fingerprint density at radius 3 is 2.84 bits per heavy atom. The maximum atomic E-state index is 12.6. The second kappa shape index (κ2) is 7.82. The SMILES string of the molecule is C=CC(=O)N1CCC[C@@H](NC(=O)c2nn(C3CCOCC3)cc2C)C1. The normalized spacial score (nSPS) is 21.8. The summed E-state index contributed by atoms with van der Waals surface area (Å²) in [4.78, 5) is 26.1. The zero-order chi connectivity index (χ0) is 17.8. The van der Waals surface area contributed by atoms with Gasteiger partial charge in [0.15, 0.2) is 5.69 Å². The molecular weight excluding hydrogens is 320 g/mol. The van der Waals surface area contributed by atoms with E-state index in [1.54, 1.807) is 4.90 Å². The molecule has 0 spiro atoms. The number of nitrogens with one attached hydrogen (secondary N) is 1. The van der Waals surface area contributed by atoms with Crippen molar-refractivity contribution >= 4 is 11.8 Å². The summed E-state index contributed by atoms with van der Waals surface area (Å²) in [6.07, 6.45) is 6.85. The lowest BCUT2D eigenvalue weighted by atomic mass is 10.1. The van der Waals surface area contributed by atoms with Crippen molar-refractivity contribution in [2.24, 2.45) is 0 Å². The first-order valence-electron chi connectivity index (χ1n) is 8.94.